The molecule has 142 valence electrons. The predicted molar refractivity (Wildman–Crippen MR) is 104 cm³/mol. The Morgan fingerprint density at radius 2 is 1.81 bits per heavy atom. The minimum atomic E-state index is -0.251. The first kappa shape index (κ1) is 19.2. The molecule has 1 heterocycles. The third-order valence-electron chi connectivity index (χ3n) is 5.43. The van der Waals surface area contributed by atoms with Crippen LogP contribution in [0, 0.1) is 19.8 Å². The molecule has 1 saturated carbocycles. The second-order valence-corrected chi connectivity index (χ2v) is 8.10. The van der Waals surface area contributed by atoms with Gasteiger partial charge in [-0.05, 0) is 76.7 Å². The lowest BCUT2D eigenvalue weighted by Crippen LogP contribution is -2.48. The molecule has 0 bridgehead atoms. The number of nitrogens with one attached hydrogen (secondary N) is 2. The van der Waals surface area contributed by atoms with Gasteiger partial charge in [0.15, 0.2) is 0 Å². The van der Waals surface area contributed by atoms with Gasteiger partial charge in [0, 0.05) is 12.0 Å². The van der Waals surface area contributed by atoms with E-state index >= 15 is 0 Å². The van der Waals surface area contributed by atoms with Gasteiger partial charge in [-0.15, -0.1) is 0 Å². The van der Waals surface area contributed by atoms with Gasteiger partial charge in [-0.3, -0.25) is 14.5 Å². The van der Waals surface area contributed by atoms with Crippen LogP contribution < -0.4 is 10.6 Å². The lowest BCUT2D eigenvalue weighted by atomic mass is 9.95. The molecule has 5 nitrogen and oxygen atoms in total. The Kier molecular flexibility index (Phi) is 5.88. The Morgan fingerprint density at radius 1 is 1.15 bits per heavy atom. The Morgan fingerprint density at radius 3 is 2.38 bits per heavy atom. The molecule has 1 aromatic rings. The topological polar surface area (TPSA) is 61.4 Å². The first-order chi connectivity index (χ1) is 12.3. The minimum Gasteiger partial charge on any atom is -0.353 e. The van der Waals surface area contributed by atoms with Gasteiger partial charge >= 0.3 is 0 Å². The van der Waals surface area contributed by atoms with Crippen LogP contribution in [0.1, 0.15) is 43.7 Å². The summed E-state index contributed by atoms with van der Waals surface area (Å²) in [5.74, 6) is 0.210. The lowest BCUT2D eigenvalue weighted by Gasteiger charge is -2.34. The average molecular weight is 378 g/mol. The summed E-state index contributed by atoms with van der Waals surface area (Å²) in [6, 6.07) is 4.03. The molecule has 1 saturated heterocycles. The molecular formula is C20H28ClN3O2. The van der Waals surface area contributed by atoms with E-state index in [0.717, 1.165) is 49.9 Å². The number of hydrogen-bond donors (Lipinski definition) is 2. The van der Waals surface area contributed by atoms with Crippen molar-refractivity contribution >= 4 is 29.1 Å². The quantitative estimate of drug-likeness (QED) is 0.827. The van der Waals surface area contributed by atoms with Gasteiger partial charge in [0.05, 0.1) is 16.8 Å². The molecule has 2 aliphatic rings. The number of amides is 2. The number of likely N-dealkylation sites (tertiary alicyclic amines) is 1. The van der Waals surface area contributed by atoms with Crippen LogP contribution in [0.3, 0.4) is 0 Å². The molecule has 0 radical (unpaired) electrons. The second-order valence-electron chi connectivity index (χ2n) is 7.70. The van der Waals surface area contributed by atoms with Crippen LogP contribution in [0.5, 0.6) is 0 Å². The maximum absolute atomic E-state index is 12.7. The predicted octanol–water partition coefficient (Wildman–Crippen LogP) is 3.27. The molecule has 0 spiro atoms. The normalized spacial score (nSPS) is 19.8. The number of carbonyl (C=O) groups is 2. The summed E-state index contributed by atoms with van der Waals surface area (Å²) in [5, 5.41) is 6.64. The molecule has 3 rings (SSSR count). The molecule has 2 fully saturated rings. The average Bonchev–Trinajstić information content (AvgIpc) is 3.41. The molecule has 1 aliphatic heterocycles. The second kappa shape index (κ2) is 7.97. The zero-order valence-corrected chi connectivity index (χ0v) is 16.5. The van der Waals surface area contributed by atoms with Gasteiger partial charge in [-0.25, -0.2) is 0 Å². The van der Waals surface area contributed by atoms with Crippen LogP contribution in [0.25, 0.3) is 0 Å². The first-order valence-corrected chi connectivity index (χ1v) is 9.85. The van der Waals surface area contributed by atoms with Crippen LogP contribution >= 0.6 is 11.6 Å². The fraction of sp³-hybridized carbons (Fsp3) is 0.600. The number of carbonyl (C=O) groups excluding carboxylic acids is 2. The van der Waals surface area contributed by atoms with Crippen LogP contribution in [0.2, 0.25) is 5.02 Å². The standard InChI is InChI=1S/C20H28ClN3O2/c1-12-10-13(2)18(17(21)11-12)23-19(25)14(3)24-8-6-15(7-9-24)20(26)22-16-4-5-16/h10-11,14-16H,4-9H2,1-3H3,(H,22,26)(H,23,25). The SMILES string of the molecule is Cc1cc(C)c(NC(=O)C(C)N2CCC(C(=O)NC3CC3)CC2)c(Cl)c1. The van der Waals surface area contributed by atoms with Gasteiger partial charge in [-0.1, -0.05) is 17.7 Å². The van der Waals surface area contributed by atoms with E-state index in [1.54, 1.807) is 0 Å². The van der Waals surface area contributed by atoms with E-state index in [0.29, 0.717) is 16.8 Å². The number of hydrogen-bond acceptors (Lipinski definition) is 3. The van der Waals surface area contributed by atoms with Gasteiger partial charge in [0.1, 0.15) is 0 Å². The summed E-state index contributed by atoms with van der Waals surface area (Å²) in [6.07, 6.45) is 3.84. The third kappa shape index (κ3) is 4.57. The first-order valence-electron chi connectivity index (χ1n) is 9.47. The highest BCUT2D eigenvalue weighted by molar-refractivity contribution is 6.34. The van der Waals surface area contributed by atoms with E-state index in [-0.39, 0.29) is 23.8 Å². The zero-order valence-electron chi connectivity index (χ0n) is 15.8. The fourth-order valence-electron chi connectivity index (χ4n) is 3.56. The van der Waals surface area contributed by atoms with E-state index in [4.69, 9.17) is 11.6 Å². The highest BCUT2D eigenvalue weighted by Crippen LogP contribution is 2.28. The summed E-state index contributed by atoms with van der Waals surface area (Å²) in [7, 11) is 0. The number of aryl methyl sites for hydroxylation is 2. The van der Waals surface area contributed by atoms with Crippen molar-refractivity contribution in [2.45, 2.75) is 58.5 Å². The van der Waals surface area contributed by atoms with Gasteiger partial charge in [0.25, 0.3) is 0 Å². The summed E-state index contributed by atoms with van der Waals surface area (Å²) >= 11 is 6.30. The largest absolute Gasteiger partial charge is 0.353 e. The Hall–Kier alpha value is -1.59. The summed E-state index contributed by atoms with van der Waals surface area (Å²) in [6.45, 7) is 7.37. The molecule has 26 heavy (non-hydrogen) atoms. The molecule has 1 unspecified atom stereocenters. The van der Waals surface area contributed by atoms with Gasteiger partial charge in [-0.2, -0.15) is 0 Å². The molecule has 0 aromatic heterocycles. The summed E-state index contributed by atoms with van der Waals surface area (Å²) < 4.78 is 0. The minimum absolute atomic E-state index is 0.0558. The number of halogens is 1. The Bertz CT molecular complexity index is 671. The van der Waals surface area contributed by atoms with Crippen LogP contribution in [-0.2, 0) is 9.59 Å². The number of piperidine rings is 1. The number of nitrogens with zero attached hydrogens (tertiary/aromatic N) is 1. The maximum Gasteiger partial charge on any atom is 0.241 e. The van der Waals surface area contributed by atoms with Crippen molar-refractivity contribution in [1.82, 2.24) is 10.2 Å². The maximum atomic E-state index is 12.7. The van der Waals surface area contributed by atoms with Crippen molar-refractivity contribution in [3.63, 3.8) is 0 Å². The number of rotatable bonds is 5. The molecular weight excluding hydrogens is 350 g/mol. The van der Waals surface area contributed by atoms with Crippen molar-refractivity contribution in [2.24, 2.45) is 5.92 Å². The Balaban J connectivity index is 1.54. The molecule has 1 aliphatic carbocycles. The summed E-state index contributed by atoms with van der Waals surface area (Å²) in [5.41, 5.74) is 2.73. The highest BCUT2D eigenvalue weighted by Gasteiger charge is 2.32. The van der Waals surface area contributed by atoms with Gasteiger partial charge in [0.2, 0.25) is 11.8 Å². The molecule has 1 atom stereocenters. The van der Waals surface area contributed by atoms with Crippen molar-refractivity contribution < 1.29 is 9.59 Å². The van der Waals surface area contributed by atoms with Crippen LogP contribution in [0.15, 0.2) is 12.1 Å². The fourth-order valence-corrected chi connectivity index (χ4v) is 3.93. The summed E-state index contributed by atoms with van der Waals surface area (Å²) in [4.78, 5) is 27.0. The van der Waals surface area contributed by atoms with Crippen molar-refractivity contribution in [3.05, 3.63) is 28.3 Å². The number of anilines is 1. The lowest BCUT2D eigenvalue weighted by molar-refractivity contribution is -0.127. The Labute approximate surface area is 160 Å². The van der Waals surface area contributed by atoms with Crippen LogP contribution in [-0.4, -0.2) is 41.9 Å². The van der Waals surface area contributed by atoms with E-state index in [1.165, 1.54) is 0 Å². The molecule has 6 heteroatoms. The van der Waals surface area contributed by atoms with Crippen molar-refractivity contribution in [3.8, 4) is 0 Å². The third-order valence-corrected chi connectivity index (χ3v) is 5.73. The molecule has 1 aromatic carbocycles. The van der Waals surface area contributed by atoms with E-state index in [9.17, 15) is 9.59 Å². The zero-order chi connectivity index (χ0) is 18.8. The van der Waals surface area contributed by atoms with E-state index < -0.39 is 0 Å². The molecule has 2 amide bonds. The smallest absolute Gasteiger partial charge is 0.241 e. The molecule has 2 N–H and O–H groups in total. The number of benzene rings is 1. The van der Waals surface area contributed by atoms with Crippen molar-refractivity contribution in [2.75, 3.05) is 18.4 Å². The van der Waals surface area contributed by atoms with Crippen molar-refractivity contribution in [1.29, 1.82) is 0 Å². The van der Waals surface area contributed by atoms with Gasteiger partial charge < -0.3 is 10.6 Å². The van der Waals surface area contributed by atoms with Crippen LogP contribution in [0.4, 0.5) is 5.69 Å². The monoisotopic (exact) mass is 377 g/mol. The van der Waals surface area contributed by atoms with E-state index in [1.807, 2.05) is 32.9 Å². The highest BCUT2D eigenvalue weighted by atomic mass is 35.5. The van der Waals surface area contributed by atoms with E-state index in [2.05, 4.69) is 15.5 Å².